The normalized spacial score (nSPS) is 12.8. The molecular weight excluding hydrogens is 255 g/mol. The minimum Gasteiger partial charge on any atom is -0.251 e. The van der Waals surface area contributed by atoms with Crippen molar-refractivity contribution in [3.05, 3.63) is 29.6 Å². The first-order valence-corrected chi connectivity index (χ1v) is 6.11. The van der Waals surface area contributed by atoms with E-state index in [2.05, 4.69) is 4.98 Å². The van der Waals surface area contributed by atoms with Gasteiger partial charge in [0, 0.05) is 16.9 Å². The van der Waals surface area contributed by atoms with E-state index in [0.717, 1.165) is 12.3 Å². The van der Waals surface area contributed by atoms with Crippen LogP contribution in [0.3, 0.4) is 0 Å². The molecule has 8 heteroatoms. The molecule has 84 valence electrons. The summed E-state index contributed by atoms with van der Waals surface area (Å²) in [5.74, 6) is -0.542. The van der Waals surface area contributed by atoms with Gasteiger partial charge in [-0.15, -0.1) is 0 Å². The highest BCUT2D eigenvalue weighted by atomic mass is 35.7. The molecule has 3 nitrogen and oxygen atoms in total. The molecule has 0 bridgehead atoms. The van der Waals surface area contributed by atoms with Crippen molar-refractivity contribution >= 4 is 19.7 Å². The highest BCUT2D eigenvalue weighted by Crippen LogP contribution is 2.27. The largest absolute Gasteiger partial charge is 0.433 e. The molecule has 1 rings (SSSR count). The molecule has 0 aromatic carbocycles. The zero-order chi connectivity index (χ0) is 11.7. The maximum Gasteiger partial charge on any atom is 0.433 e. The van der Waals surface area contributed by atoms with E-state index in [4.69, 9.17) is 10.7 Å². The summed E-state index contributed by atoms with van der Waals surface area (Å²) in [4.78, 5) is 3.09. The predicted octanol–water partition coefficient (Wildman–Crippen LogP) is 2.17. The smallest absolute Gasteiger partial charge is 0.251 e. The number of alkyl halides is 3. The maximum atomic E-state index is 12.1. The van der Waals surface area contributed by atoms with Crippen molar-refractivity contribution in [1.82, 2.24) is 4.98 Å². The second-order valence-corrected chi connectivity index (χ2v) is 5.51. The van der Waals surface area contributed by atoms with E-state index >= 15 is 0 Å². The van der Waals surface area contributed by atoms with Crippen LogP contribution in [-0.2, 0) is 21.0 Å². The van der Waals surface area contributed by atoms with Crippen molar-refractivity contribution in [3.8, 4) is 0 Å². The van der Waals surface area contributed by atoms with Gasteiger partial charge < -0.3 is 0 Å². The Labute approximate surface area is 88.3 Å². The Morgan fingerprint density at radius 3 is 2.27 bits per heavy atom. The van der Waals surface area contributed by atoms with Crippen molar-refractivity contribution in [2.45, 2.75) is 11.9 Å². The van der Waals surface area contributed by atoms with Crippen LogP contribution in [0.25, 0.3) is 0 Å². The van der Waals surface area contributed by atoms with Gasteiger partial charge in [0.25, 0.3) is 0 Å². The Kier molecular flexibility index (Phi) is 3.25. The Hall–Kier alpha value is -0.820. The number of pyridine rings is 1. The highest BCUT2D eigenvalue weighted by molar-refractivity contribution is 8.13. The van der Waals surface area contributed by atoms with Gasteiger partial charge in [0.1, 0.15) is 5.69 Å². The molecule has 0 amide bonds. The molecule has 0 spiro atoms. The summed E-state index contributed by atoms with van der Waals surface area (Å²) < 4.78 is 57.3. The van der Waals surface area contributed by atoms with Crippen molar-refractivity contribution < 1.29 is 21.6 Å². The van der Waals surface area contributed by atoms with E-state index < -0.39 is 26.7 Å². The van der Waals surface area contributed by atoms with Gasteiger partial charge in [-0.05, 0) is 11.6 Å². The summed E-state index contributed by atoms with van der Waals surface area (Å²) in [5.41, 5.74) is -0.962. The monoisotopic (exact) mass is 259 g/mol. The van der Waals surface area contributed by atoms with Crippen LogP contribution in [0.2, 0.25) is 0 Å². The fourth-order valence-electron chi connectivity index (χ4n) is 0.877. The molecule has 0 fully saturated rings. The first kappa shape index (κ1) is 12.3. The molecule has 0 N–H and O–H groups in total. The molecule has 1 aromatic heterocycles. The number of rotatable bonds is 2. The van der Waals surface area contributed by atoms with Crippen LogP contribution in [0.1, 0.15) is 11.3 Å². The van der Waals surface area contributed by atoms with Gasteiger partial charge >= 0.3 is 6.18 Å². The zero-order valence-electron chi connectivity index (χ0n) is 7.12. The number of aromatic nitrogens is 1. The standard InChI is InChI=1S/C7H5ClF3NO2S/c8-15(13,14)4-5-1-2-6(12-3-5)7(9,10)11/h1-3H,4H2. The van der Waals surface area contributed by atoms with Crippen molar-refractivity contribution in [3.63, 3.8) is 0 Å². The lowest BCUT2D eigenvalue weighted by molar-refractivity contribution is -0.141. The van der Waals surface area contributed by atoms with E-state index in [1.54, 1.807) is 0 Å². The van der Waals surface area contributed by atoms with Gasteiger partial charge in [-0.25, -0.2) is 8.42 Å². The quantitative estimate of drug-likeness (QED) is 0.765. The molecule has 0 aliphatic rings. The fraction of sp³-hybridized carbons (Fsp3) is 0.286. The van der Waals surface area contributed by atoms with Crippen molar-refractivity contribution in [2.75, 3.05) is 0 Å². The summed E-state index contributed by atoms with van der Waals surface area (Å²) in [6.07, 6.45) is -3.69. The molecule has 0 unspecified atom stereocenters. The minimum absolute atomic E-state index is 0.109. The lowest BCUT2D eigenvalue weighted by Crippen LogP contribution is -2.08. The molecule has 15 heavy (non-hydrogen) atoms. The topological polar surface area (TPSA) is 47.0 Å². The minimum atomic E-state index is -4.53. The van der Waals surface area contributed by atoms with Gasteiger partial charge in [0.05, 0.1) is 5.75 Å². The van der Waals surface area contributed by atoms with Crippen LogP contribution in [0.15, 0.2) is 18.3 Å². The SMILES string of the molecule is O=S(=O)(Cl)Cc1ccc(C(F)(F)F)nc1. The van der Waals surface area contributed by atoms with Crippen LogP contribution < -0.4 is 0 Å². The zero-order valence-corrected chi connectivity index (χ0v) is 8.70. The van der Waals surface area contributed by atoms with Crippen LogP contribution in [-0.4, -0.2) is 13.4 Å². The molecule has 1 aromatic rings. The average molecular weight is 260 g/mol. The number of hydrogen-bond donors (Lipinski definition) is 0. The third-order valence-corrected chi connectivity index (χ3v) is 2.46. The molecule has 0 saturated carbocycles. The second-order valence-electron chi connectivity index (χ2n) is 2.73. The van der Waals surface area contributed by atoms with Crippen LogP contribution in [0.4, 0.5) is 13.2 Å². The summed E-state index contributed by atoms with van der Waals surface area (Å²) in [5, 5.41) is 0. The summed E-state index contributed by atoms with van der Waals surface area (Å²) in [7, 11) is 1.15. The first-order chi connectivity index (χ1) is 6.68. The van der Waals surface area contributed by atoms with Gasteiger partial charge in [-0.3, -0.25) is 4.98 Å². The number of halogens is 4. The third kappa shape index (κ3) is 4.05. The van der Waals surface area contributed by atoms with Gasteiger partial charge in [0.2, 0.25) is 9.05 Å². The van der Waals surface area contributed by atoms with E-state index in [0.29, 0.717) is 6.07 Å². The summed E-state index contributed by atoms with van der Waals surface area (Å²) >= 11 is 0. The van der Waals surface area contributed by atoms with Gasteiger partial charge in [-0.1, -0.05) is 6.07 Å². The van der Waals surface area contributed by atoms with E-state index in [1.807, 2.05) is 0 Å². The number of nitrogens with zero attached hydrogens (tertiary/aromatic N) is 1. The maximum absolute atomic E-state index is 12.1. The van der Waals surface area contributed by atoms with E-state index in [-0.39, 0.29) is 5.56 Å². The van der Waals surface area contributed by atoms with Crippen LogP contribution >= 0.6 is 10.7 Å². The fourth-order valence-corrected chi connectivity index (χ4v) is 1.82. The summed E-state index contributed by atoms with van der Waals surface area (Å²) in [6, 6.07) is 1.73. The molecule has 1 heterocycles. The average Bonchev–Trinajstić information content (AvgIpc) is 2.00. The molecule has 0 radical (unpaired) electrons. The van der Waals surface area contributed by atoms with Crippen molar-refractivity contribution in [2.24, 2.45) is 0 Å². The van der Waals surface area contributed by atoms with Crippen LogP contribution in [0.5, 0.6) is 0 Å². The Morgan fingerprint density at radius 1 is 1.33 bits per heavy atom. The van der Waals surface area contributed by atoms with E-state index in [9.17, 15) is 21.6 Å². The Balaban J connectivity index is 2.91. The third-order valence-electron chi connectivity index (χ3n) is 1.45. The van der Waals surface area contributed by atoms with Gasteiger partial charge in [0.15, 0.2) is 0 Å². The predicted molar refractivity (Wildman–Crippen MR) is 47.7 cm³/mol. The molecule has 0 aliphatic carbocycles. The molecule has 0 saturated heterocycles. The molecular formula is C7H5ClF3NO2S. The summed E-state index contributed by atoms with van der Waals surface area (Å²) in [6.45, 7) is 0. The number of hydrogen-bond acceptors (Lipinski definition) is 3. The lowest BCUT2D eigenvalue weighted by atomic mass is 10.3. The second kappa shape index (κ2) is 3.97. The van der Waals surface area contributed by atoms with Gasteiger partial charge in [-0.2, -0.15) is 13.2 Å². The Morgan fingerprint density at radius 2 is 1.93 bits per heavy atom. The van der Waals surface area contributed by atoms with Crippen LogP contribution in [0, 0.1) is 0 Å². The van der Waals surface area contributed by atoms with E-state index in [1.165, 1.54) is 0 Å². The molecule has 0 aliphatic heterocycles. The lowest BCUT2D eigenvalue weighted by Gasteiger charge is -2.05. The van der Waals surface area contributed by atoms with Crippen molar-refractivity contribution in [1.29, 1.82) is 0 Å². The first-order valence-electron chi connectivity index (χ1n) is 3.63. The highest BCUT2D eigenvalue weighted by Gasteiger charge is 2.32. The Bertz CT molecular complexity index is 440. The molecule has 0 atom stereocenters.